The van der Waals surface area contributed by atoms with E-state index in [4.69, 9.17) is 4.74 Å². The van der Waals surface area contributed by atoms with Crippen LogP contribution in [-0.4, -0.2) is 18.1 Å². The molecule has 1 aromatic carbocycles. The highest BCUT2D eigenvalue weighted by Crippen LogP contribution is 2.22. The molecule has 1 aromatic heterocycles. The van der Waals surface area contributed by atoms with Gasteiger partial charge in [0.05, 0.1) is 30.6 Å². The molecule has 0 aliphatic heterocycles. The average Bonchev–Trinajstić information content (AvgIpc) is 2.53. The molecule has 0 saturated heterocycles. The molecule has 2 rings (SSSR count). The van der Waals surface area contributed by atoms with Gasteiger partial charge < -0.3 is 10.1 Å². The van der Waals surface area contributed by atoms with Crippen LogP contribution in [0.15, 0.2) is 42.6 Å². The summed E-state index contributed by atoms with van der Waals surface area (Å²) >= 11 is 0. The van der Waals surface area contributed by atoms with E-state index in [0.717, 1.165) is 17.8 Å². The van der Waals surface area contributed by atoms with Crippen LogP contribution in [0.25, 0.3) is 0 Å². The number of anilines is 1. The van der Waals surface area contributed by atoms with Crippen molar-refractivity contribution < 1.29 is 13.9 Å². The van der Waals surface area contributed by atoms with Crippen molar-refractivity contribution in [2.45, 2.75) is 19.4 Å². The predicted molar refractivity (Wildman–Crippen MR) is 78.6 cm³/mol. The molecule has 1 unspecified atom stereocenters. The highest BCUT2D eigenvalue weighted by Gasteiger charge is 2.12. The normalized spacial score (nSPS) is 11.8. The van der Waals surface area contributed by atoms with Crippen LogP contribution in [0.1, 0.15) is 35.4 Å². The Kier molecular flexibility index (Phi) is 4.87. The van der Waals surface area contributed by atoms with Crippen LogP contribution >= 0.6 is 0 Å². The number of carbonyl (C=O) groups excluding carboxylic acids is 1. The third-order valence-electron chi connectivity index (χ3n) is 3.14. The number of rotatable bonds is 5. The van der Waals surface area contributed by atoms with Crippen LogP contribution in [0.5, 0.6) is 0 Å². The lowest BCUT2D eigenvalue weighted by molar-refractivity contribution is 0.0601. The van der Waals surface area contributed by atoms with E-state index in [1.54, 1.807) is 24.3 Å². The fraction of sp³-hybridized carbons (Fsp3) is 0.250. The van der Waals surface area contributed by atoms with Gasteiger partial charge in [0.15, 0.2) is 0 Å². The molecule has 0 aliphatic carbocycles. The number of carbonyl (C=O) groups is 1. The standard InChI is InChI=1S/C16H17FN2O2/c1-3-14(15-8-7-12(17)10-18-15)19-13-6-4-5-11(9-13)16(20)21-2/h4-10,14,19H,3H2,1-2H3. The number of benzene rings is 1. The molecule has 21 heavy (non-hydrogen) atoms. The zero-order valence-electron chi connectivity index (χ0n) is 12.0. The Bertz CT molecular complexity index is 614. The second kappa shape index (κ2) is 6.83. The van der Waals surface area contributed by atoms with Gasteiger partial charge in [0, 0.05) is 5.69 Å². The smallest absolute Gasteiger partial charge is 0.337 e. The average molecular weight is 288 g/mol. The molecule has 0 saturated carbocycles. The number of ether oxygens (including phenoxy) is 1. The topological polar surface area (TPSA) is 51.2 Å². The molecule has 110 valence electrons. The van der Waals surface area contributed by atoms with Gasteiger partial charge in [-0.15, -0.1) is 0 Å². The lowest BCUT2D eigenvalue weighted by Crippen LogP contribution is -2.12. The van der Waals surface area contributed by atoms with Crippen LogP contribution < -0.4 is 5.32 Å². The molecule has 2 aromatic rings. The lowest BCUT2D eigenvalue weighted by Gasteiger charge is -2.18. The summed E-state index contributed by atoms with van der Waals surface area (Å²) in [7, 11) is 1.35. The van der Waals surface area contributed by atoms with Gasteiger partial charge in [-0.25, -0.2) is 9.18 Å². The van der Waals surface area contributed by atoms with Crippen molar-refractivity contribution in [2.75, 3.05) is 12.4 Å². The van der Waals surface area contributed by atoms with Crippen LogP contribution in [0.3, 0.4) is 0 Å². The SMILES string of the molecule is CCC(Nc1cccc(C(=O)OC)c1)c1ccc(F)cn1. The molecule has 0 spiro atoms. The molecule has 1 atom stereocenters. The number of pyridine rings is 1. The fourth-order valence-electron chi connectivity index (χ4n) is 2.03. The minimum atomic E-state index is -0.383. The number of hydrogen-bond acceptors (Lipinski definition) is 4. The van der Waals surface area contributed by atoms with Crippen molar-refractivity contribution >= 4 is 11.7 Å². The molecule has 0 fully saturated rings. The lowest BCUT2D eigenvalue weighted by atomic mass is 10.1. The van der Waals surface area contributed by atoms with Gasteiger partial charge in [0.2, 0.25) is 0 Å². The van der Waals surface area contributed by atoms with Crippen molar-refractivity contribution in [3.63, 3.8) is 0 Å². The third-order valence-corrected chi connectivity index (χ3v) is 3.14. The Labute approximate surface area is 123 Å². The number of methoxy groups -OCH3 is 1. The van der Waals surface area contributed by atoms with Crippen LogP contribution in [0, 0.1) is 5.82 Å². The van der Waals surface area contributed by atoms with E-state index in [0.29, 0.717) is 5.56 Å². The maximum absolute atomic E-state index is 12.9. The van der Waals surface area contributed by atoms with Crippen molar-refractivity contribution in [1.29, 1.82) is 0 Å². The van der Waals surface area contributed by atoms with E-state index >= 15 is 0 Å². The minimum Gasteiger partial charge on any atom is -0.465 e. The number of esters is 1. The van der Waals surface area contributed by atoms with Crippen molar-refractivity contribution in [1.82, 2.24) is 4.98 Å². The summed E-state index contributed by atoms with van der Waals surface area (Å²) in [5, 5.41) is 3.29. The van der Waals surface area contributed by atoms with Crippen LogP contribution in [-0.2, 0) is 4.74 Å². The second-order valence-electron chi connectivity index (χ2n) is 4.58. The Morgan fingerprint density at radius 2 is 2.19 bits per heavy atom. The Hall–Kier alpha value is -2.43. The molecule has 0 amide bonds. The molecular weight excluding hydrogens is 271 g/mol. The fourth-order valence-corrected chi connectivity index (χ4v) is 2.03. The monoisotopic (exact) mass is 288 g/mol. The molecule has 0 bridgehead atoms. The van der Waals surface area contributed by atoms with Crippen LogP contribution in [0.2, 0.25) is 0 Å². The summed E-state index contributed by atoms with van der Waals surface area (Å²) in [5.74, 6) is -0.743. The van der Waals surface area contributed by atoms with Gasteiger partial charge in [0.1, 0.15) is 5.82 Å². The zero-order valence-corrected chi connectivity index (χ0v) is 12.0. The summed E-state index contributed by atoms with van der Waals surface area (Å²) in [4.78, 5) is 15.6. The van der Waals surface area contributed by atoms with Crippen LogP contribution in [0.4, 0.5) is 10.1 Å². The van der Waals surface area contributed by atoms with Gasteiger partial charge >= 0.3 is 5.97 Å². The van der Waals surface area contributed by atoms with Crippen molar-refractivity contribution in [2.24, 2.45) is 0 Å². The minimum absolute atomic E-state index is 0.0569. The van der Waals surface area contributed by atoms with Gasteiger partial charge in [-0.2, -0.15) is 0 Å². The third kappa shape index (κ3) is 3.78. The summed E-state index contributed by atoms with van der Waals surface area (Å²) in [5.41, 5.74) is 2.02. The first-order valence-electron chi connectivity index (χ1n) is 6.70. The molecule has 0 radical (unpaired) electrons. The van der Waals surface area contributed by atoms with E-state index in [2.05, 4.69) is 10.3 Å². The Morgan fingerprint density at radius 3 is 2.81 bits per heavy atom. The summed E-state index contributed by atoms with van der Waals surface area (Å²) in [6.07, 6.45) is 1.98. The van der Waals surface area contributed by atoms with E-state index in [1.165, 1.54) is 19.4 Å². The Morgan fingerprint density at radius 1 is 1.38 bits per heavy atom. The highest BCUT2D eigenvalue weighted by molar-refractivity contribution is 5.90. The van der Waals surface area contributed by atoms with E-state index < -0.39 is 0 Å². The van der Waals surface area contributed by atoms with Crippen molar-refractivity contribution in [3.8, 4) is 0 Å². The first-order chi connectivity index (χ1) is 10.1. The molecule has 1 N–H and O–H groups in total. The quantitative estimate of drug-likeness (QED) is 0.855. The largest absolute Gasteiger partial charge is 0.465 e. The van der Waals surface area contributed by atoms with Gasteiger partial charge in [-0.05, 0) is 36.8 Å². The zero-order chi connectivity index (χ0) is 15.2. The van der Waals surface area contributed by atoms with E-state index in [-0.39, 0.29) is 17.8 Å². The summed E-state index contributed by atoms with van der Waals surface area (Å²) in [6, 6.07) is 10.0. The number of nitrogens with zero attached hydrogens (tertiary/aromatic N) is 1. The second-order valence-corrected chi connectivity index (χ2v) is 4.58. The molecule has 5 heteroatoms. The van der Waals surface area contributed by atoms with Gasteiger partial charge in [0.25, 0.3) is 0 Å². The first kappa shape index (κ1) is 15.0. The molecule has 0 aliphatic rings. The Balaban J connectivity index is 2.18. The maximum atomic E-state index is 12.9. The highest BCUT2D eigenvalue weighted by atomic mass is 19.1. The maximum Gasteiger partial charge on any atom is 0.337 e. The number of hydrogen-bond donors (Lipinski definition) is 1. The first-order valence-corrected chi connectivity index (χ1v) is 6.70. The van der Waals surface area contributed by atoms with Gasteiger partial charge in [-0.1, -0.05) is 13.0 Å². The number of halogens is 1. The molecule has 4 nitrogen and oxygen atoms in total. The molecule has 1 heterocycles. The van der Waals surface area contributed by atoms with E-state index in [9.17, 15) is 9.18 Å². The van der Waals surface area contributed by atoms with Crippen molar-refractivity contribution in [3.05, 3.63) is 59.7 Å². The summed E-state index contributed by atoms with van der Waals surface area (Å²) in [6.45, 7) is 2.01. The number of nitrogens with one attached hydrogen (secondary N) is 1. The van der Waals surface area contributed by atoms with Gasteiger partial charge in [-0.3, -0.25) is 4.98 Å². The summed E-state index contributed by atoms with van der Waals surface area (Å²) < 4.78 is 17.6. The molecular formula is C16H17FN2O2. The number of aromatic nitrogens is 1. The predicted octanol–water partition coefficient (Wildman–Crippen LogP) is 3.57. The van der Waals surface area contributed by atoms with E-state index in [1.807, 2.05) is 13.0 Å².